The van der Waals surface area contributed by atoms with E-state index in [1.165, 1.54) is 34.0 Å². The quantitative estimate of drug-likeness (QED) is 0.625. The van der Waals surface area contributed by atoms with Crippen LogP contribution in [0.25, 0.3) is 16.5 Å². The number of allylic oxidation sites excluding steroid dienone is 1. The van der Waals surface area contributed by atoms with Crippen LogP contribution >= 0.6 is 0 Å². The topological polar surface area (TPSA) is 32.6 Å². The van der Waals surface area contributed by atoms with E-state index >= 15 is 0 Å². The summed E-state index contributed by atoms with van der Waals surface area (Å²) in [4.78, 5) is 0. The lowest BCUT2D eigenvalue weighted by Crippen LogP contribution is -2.05. The summed E-state index contributed by atoms with van der Waals surface area (Å²) in [6.45, 7) is 0. The van der Waals surface area contributed by atoms with Crippen molar-refractivity contribution in [3.8, 4) is 17.2 Å². The van der Waals surface area contributed by atoms with Gasteiger partial charge in [0.15, 0.2) is 11.5 Å². The molecule has 0 saturated heterocycles. The fourth-order valence-electron chi connectivity index (χ4n) is 3.94. The molecule has 4 rings (SSSR count). The molecule has 3 aromatic rings. The molecule has 0 N–H and O–H groups in total. The molecule has 1 aliphatic carbocycles. The fourth-order valence-corrected chi connectivity index (χ4v) is 3.94. The van der Waals surface area contributed by atoms with Gasteiger partial charge >= 0.3 is 0 Å². The summed E-state index contributed by atoms with van der Waals surface area (Å²) < 4.78 is 18.9. The number of ether oxygens (including phenoxy) is 3. The molecule has 1 aliphatic rings. The van der Waals surface area contributed by atoms with Gasteiger partial charge in [-0.2, -0.15) is 0 Å². The minimum absolute atomic E-state index is 0.624. The van der Waals surface area contributed by atoms with Crippen molar-refractivity contribution in [1.29, 1.82) is 0 Å². The SMILES string of the molecule is COc1cc(C(=C2CCC2)c2cccc3ccn(C)c23)cc(OC)c1OC. The van der Waals surface area contributed by atoms with E-state index in [0.717, 1.165) is 18.4 Å². The summed E-state index contributed by atoms with van der Waals surface area (Å²) in [5, 5.41) is 1.25. The highest BCUT2D eigenvalue weighted by molar-refractivity contribution is 5.98. The number of para-hydroxylation sites is 1. The van der Waals surface area contributed by atoms with Crippen LogP contribution in [0, 0.1) is 0 Å². The first-order chi connectivity index (χ1) is 13.2. The average molecular weight is 363 g/mol. The van der Waals surface area contributed by atoms with Crippen LogP contribution < -0.4 is 14.2 Å². The Morgan fingerprint density at radius 3 is 2.19 bits per heavy atom. The standard InChI is InChI=1S/C23H25NO3/c1-24-12-11-16-9-6-10-18(22(16)24)21(15-7-5-8-15)17-13-19(25-2)23(27-4)20(14-17)26-3/h6,9-14H,5,7-8H2,1-4H3. The monoisotopic (exact) mass is 363 g/mol. The molecule has 0 radical (unpaired) electrons. The molecule has 0 unspecified atom stereocenters. The summed E-state index contributed by atoms with van der Waals surface area (Å²) in [5.74, 6) is 1.99. The lowest BCUT2D eigenvalue weighted by Gasteiger charge is -2.25. The van der Waals surface area contributed by atoms with Gasteiger partial charge < -0.3 is 18.8 Å². The first-order valence-corrected chi connectivity index (χ1v) is 9.24. The van der Waals surface area contributed by atoms with Gasteiger partial charge in [-0.05, 0) is 48.6 Å². The summed E-state index contributed by atoms with van der Waals surface area (Å²) in [6.07, 6.45) is 5.62. The van der Waals surface area contributed by atoms with Gasteiger partial charge in [0, 0.05) is 24.2 Å². The minimum atomic E-state index is 0.624. The van der Waals surface area contributed by atoms with E-state index < -0.39 is 0 Å². The van der Waals surface area contributed by atoms with Gasteiger partial charge in [0.1, 0.15) is 0 Å². The molecule has 1 fully saturated rings. The number of aromatic nitrogens is 1. The number of hydrogen-bond acceptors (Lipinski definition) is 3. The largest absolute Gasteiger partial charge is 0.493 e. The highest BCUT2D eigenvalue weighted by Crippen LogP contribution is 2.45. The molecule has 1 aromatic heterocycles. The maximum atomic E-state index is 5.60. The van der Waals surface area contributed by atoms with E-state index in [1.54, 1.807) is 21.3 Å². The average Bonchev–Trinajstić information content (AvgIpc) is 3.04. The first-order valence-electron chi connectivity index (χ1n) is 9.24. The number of nitrogens with zero attached hydrogens (tertiary/aromatic N) is 1. The van der Waals surface area contributed by atoms with Crippen molar-refractivity contribution in [1.82, 2.24) is 4.57 Å². The van der Waals surface area contributed by atoms with E-state index in [1.807, 2.05) is 0 Å². The van der Waals surface area contributed by atoms with Gasteiger partial charge in [-0.3, -0.25) is 0 Å². The van der Waals surface area contributed by atoms with E-state index in [4.69, 9.17) is 14.2 Å². The van der Waals surface area contributed by atoms with Gasteiger partial charge in [-0.1, -0.05) is 23.8 Å². The highest BCUT2D eigenvalue weighted by Gasteiger charge is 2.23. The Bertz CT molecular complexity index is 998. The third kappa shape index (κ3) is 2.85. The third-order valence-corrected chi connectivity index (χ3v) is 5.43. The lowest BCUT2D eigenvalue weighted by molar-refractivity contribution is 0.324. The molecule has 140 valence electrons. The van der Waals surface area contributed by atoms with Crippen LogP contribution in [0.4, 0.5) is 0 Å². The molecule has 1 heterocycles. The zero-order valence-electron chi connectivity index (χ0n) is 16.3. The van der Waals surface area contributed by atoms with Crippen molar-refractivity contribution in [3.05, 3.63) is 59.3 Å². The summed E-state index contributed by atoms with van der Waals surface area (Å²) in [6, 6.07) is 12.8. The Morgan fingerprint density at radius 1 is 0.926 bits per heavy atom. The van der Waals surface area contributed by atoms with Gasteiger partial charge in [0.25, 0.3) is 0 Å². The number of rotatable bonds is 5. The lowest BCUT2D eigenvalue weighted by atomic mass is 9.81. The van der Waals surface area contributed by atoms with Crippen LogP contribution in [0.2, 0.25) is 0 Å². The van der Waals surface area contributed by atoms with Crippen LogP contribution in [0.1, 0.15) is 30.4 Å². The molecule has 0 amide bonds. The van der Waals surface area contributed by atoms with E-state index in [2.05, 4.69) is 54.2 Å². The number of hydrogen-bond donors (Lipinski definition) is 0. The highest BCUT2D eigenvalue weighted by atomic mass is 16.5. The Morgan fingerprint density at radius 2 is 1.63 bits per heavy atom. The van der Waals surface area contributed by atoms with E-state index in [-0.39, 0.29) is 0 Å². The predicted octanol–water partition coefficient (Wildman–Crippen LogP) is 5.19. The van der Waals surface area contributed by atoms with Crippen LogP contribution in [-0.2, 0) is 7.05 Å². The first kappa shape index (κ1) is 17.5. The summed E-state index contributed by atoms with van der Waals surface area (Å²) in [5.41, 5.74) is 6.38. The van der Waals surface area contributed by atoms with Crippen molar-refractivity contribution < 1.29 is 14.2 Å². The fraction of sp³-hybridized carbons (Fsp3) is 0.304. The Hall–Kier alpha value is -2.88. The van der Waals surface area contributed by atoms with Gasteiger partial charge in [0.05, 0.1) is 26.8 Å². The second-order valence-electron chi connectivity index (χ2n) is 6.92. The normalized spacial score (nSPS) is 13.4. The molecule has 2 aromatic carbocycles. The van der Waals surface area contributed by atoms with E-state index in [9.17, 15) is 0 Å². The molecule has 0 atom stereocenters. The van der Waals surface area contributed by atoms with Crippen molar-refractivity contribution in [2.45, 2.75) is 19.3 Å². The molecular formula is C23H25NO3. The molecule has 0 spiro atoms. The van der Waals surface area contributed by atoms with Crippen LogP contribution in [0.15, 0.2) is 48.2 Å². The molecule has 1 saturated carbocycles. The third-order valence-electron chi connectivity index (χ3n) is 5.43. The number of aryl methyl sites for hydroxylation is 1. The minimum Gasteiger partial charge on any atom is -0.493 e. The maximum absolute atomic E-state index is 5.60. The van der Waals surface area contributed by atoms with Gasteiger partial charge in [-0.15, -0.1) is 0 Å². The smallest absolute Gasteiger partial charge is 0.203 e. The number of methoxy groups -OCH3 is 3. The molecule has 4 nitrogen and oxygen atoms in total. The maximum Gasteiger partial charge on any atom is 0.203 e. The molecule has 4 heteroatoms. The van der Waals surface area contributed by atoms with Gasteiger partial charge in [0.2, 0.25) is 5.75 Å². The predicted molar refractivity (Wildman–Crippen MR) is 109 cm³/mol. The van der Waals surface area contributed by atoms with Crippen LogP contribution in [0.5, 0.6) is 17.2 Å². The molecular weight excluding hydrogens is 338 g/mol. The van der Waals surface area contributed by atoms with Crippen molar-refractivity contribution in [2.75, 3.05) is 21.3 Å². The van der Waals surface area contributed by atoms with Crippen molar-refractivity contribution in [2.24, 2.45) is 7.05 Å². The second-order valence-corrected chi connectivity index (χ2v) is 6.92. The second kappa shape index (κ2) is 7.03. The molecule has 27 heavy (non-hydrogen) atoms. The summed E-state index contributed by atoms with van der Waals surface area (Å²) >= 11 is 0. The Balaban J connectivity index is 1.99. The molecule has 0 bridgehead atoms. The van der Waals surface area contributed by atoms with Gasteiger partial charge in [-0.25, -0.2) is 0 Å². The van der Waals surface area contributed by atoms with Crippen LogP contribution in [-0.4, -0.2) is 25.9 Å². The number of benzene rings is 2. The van der Waals surface area contributed by atoms with E-state index in [0.29, 0.717) is 17.2 Å². The zero-order valence-corrected chi connectivity index (χ0v) is 16.3. The van der Waals surface area contributed by atoms with Crippen LogP contribution in [0.3, 0.4) is 0 Å². The molecule has 0 aliphatic heterocycles. The van der Waals surface area contributed by atoms with Crippen molar-refractivity contribution >= 4 is 16.5 Å². The Labute approximate surface area is 160 Å². The van der Waals surface area contributed by atoms with Crippen molar-refractivity contribution in [3.63, 3.8) is 0 Å². The Kier molecular flexibility index (Phi) is 4.56. The number of fused-ring (bicyclic) bond motifs is 1. The summed E-state index contributed by atoms with van der Waals surface area (Å²) in [7, 11) is 7.06. The zero-order chi connectivity index (χ0) is 19.0.